The van der Waals surface area contributed by atoms with E-state index in [0.717, 1.165) is 5.39 Å². The molecule has 2 aromatic rings. The van der Waals surface area contributed by atoms with Gasteiger partial charge >= 0.3 is 0 Å². The fourth-order valence-corrected chi connectivity index (χ4v) is 1.29. The van der Waals surface area contributed by atoms with Crippen LogP contribution in [0.4, 0.5) is 5.69 Å². The number of anilines is 1. The highest BCUT2D eigenvalue weighted by Crippen LogP contribution is 2.19. The van der Waals surface area contributed by atoms with Crippen LogP contribution in [0.15, 0.2) is 36.5 Å². The van der Waals surface area contributed by atoms with Gasteiger partial charge in [-0.25, -0.2) is 10.1 Å². The zero-order chi connectivity index (χ0) is 9.97. The lowest BCUT2D eigenvalue weighted by atomic mass is 10.2. The molecule has 0 saturated heterocycles. The van der Waals surface area contributed by atoms with Crippen LogP contribution in [0.1, 0.15) is 0 Å². The van der Waals surface area contributed by atoms with Crippen molar-refractivity contribution in [2.24, 2.45) is 0 Å². The van der Waals surface area contributed by atoms with E-state index in [4.69, 9.17) is 0 Å². The first-order chi connectivity index (χ1) is 6.77. The molecule has 0 fully saturated rings. The van der Waals surface area contributed by atoms with Gasteiger partial charge in [0.15, 0.2) is 5.03 Å². The molecule has 0 aliphatic heterocycles. The Morgan fingerprint density at radius 2 is 2.07 bits per heavy atom. The van der Waals surface area contributed by atoms with E-state index in [2.05, 4.69) is 10.4 Å². The first-order valence-electron chi connectivity index (χ1n) is 4.02. The average Bonchev–Trinajstić information content (AvgIpc) is 2.18. The molecule has 1 aromatic heterocycles. The van der Waals surface area contributed by atoms with Gasteiger partial charge in [-0.1, -0.05) is 18.2 Å². The van der Waals surface area contributed by atoms with Crippen molar-refractivity contribution in [1.82, 2.24) is 4.98 Å². The van der Waals surface area contributed by atoms with E-state index in [9.17, 15) is 10.1 Å². The predicted octanol–water partition coefficient (Wildman–Crippen LogP) is 1.84. The average molecular weight is 189 g/mol. The Morgan fingerprint density at radius 1 is 1.29 bits per heavy atom. The molecule has 5 nitrogen and oxygen atoms in total. The van der Waals surface area contributed by atoms with Crippen molar-refractivity contribution < 1.29 is 5.03 Å². The maximum absolute atomic E-state index is 10.3. The molecule has 0 aliphatic carbocycles. The van der Waals surface area contributed by atoms with Crippen LogP contribution in [0.5, 0.6) is 0 Å². The highest BCUT2D eigenvalue weighted by molar-refractivity contribution is 5.89. The van der Waals surface area contributed by atoms with Gasteiger partial charge in [0.1, 0.15) is 5.69 Å². The lowest BCUT2D eigenvalue weighted by molar-refractivity contribution is -0.445. The molecule has 14 heavy (non-hydrogen) atoms. The number of aromatic nitrogens is 1. The lowest BCUT2D eigenvalue weighted by Crippen LogP contribution is -2.08. The summed E-state index contributed by atoms with van der Waals surface area (Å²) in [6.07, 6.45) is 1.60. The van der Waals surface area contributed by atoms with Crippen LogP contribution < -0.4 is 5.43 Å². The first kappa shape index (κ1) is 8.43. The Balaban J connectivity index is 2.59. The molecule has 1 aromatic carbocycles. The van der Waals surface area contributed by atoms with E-state index in [1.165, 1.54) is 0 Å². The summed E-state index contributed by atoms with van der Waals surface area (Å²) in [7, 11) is 0. The summed E-state index contributed by atoms with van der Waals surface area (Å²) in [6.45, 7) is 0. The Kier molecular flexibility index (Phi) is 1.98. The molecule has 1 heterocycles. The molecule has 5 heteroatoms. The van der Waals surface area contributed by atoms with Crippen molar-refractivity contribution >= 4 is 16.6 Å². The van der Waals surface area contributed by atoms with Gasteiger partial charge in [0, 0.05) is 11.6 Å². The normalized spacial score (nSPS) is 10.0. The second kappa shape index (κ2) is 3.29. The van der Waals surface area contributed by atoms with Crippen molar-refractivity contribution in [2.45, 2.75) is 0 Å². The zero-order valence-electron chi connectivity index (χ0n) is 7.18. The Labute approximate surface area is 79.5 Å². The summed E-state index contributed by atoms with van der Waals surface area (Å²) in [5.74, 6) is 0. The van der Waals surface area contributed by atoms with Gasteiger partial charge in [-0.2, -0.15) is 0 Å². The standard InChI is InChI=1S/C9H7N3O2/c13-12(14)11-8-5-1-3-7-4-2-6-10-9(7)8/h1-6,11H. The predicted molar refractivity (Wildman–Crippen MR) is 52.4 cm³/mol. The zero-order valence-corrected chi connectivity index (χ0v) is 7.18. The fraction of sp³-hybridized carbons (Fsp3) is 0. The third kappa shape index (κ3) is 1.47. The van der Waals surface area contributed by atoms with Crippen LogP contribution in [-0.2, 0) is 0 Å². The molecule has 2 rings (SSSR count). The molecule has 0 aliphatic rings. The van der Waals surface area contributed by atoms with E-state index in [0.29, 0.717) is 11.2 Å². The summed E-state index contributed by atoms with van der Waals surface area (Å²) >= 11 is 0. The number of hydrazine groups is 1. The van der Waals surface area contributed by atoms with Gasteiger partial charge < -0.3 is 0 Å². The second-order valence-corrected chi connectivity index (χ2v) is 2.75. The van der Waals surface area contributed by atoms with Crippen LogP contribution >= 0.6 is 0 Å². The molecule has 0 unspecified atom stereocenters. The van der Waals surface area contributed by atoms with E-state index >= 15 is 0 Å². The number of nitrogens with zero attached hydrogens (tertiary/aromatic N) is 2. The number of para-hydroxylation sites is 1. The maximum atomic E-state index is 10.3. The van der Waals surface area contributed by atoms with Crippen LogP contribution in [0, 0.1) is 10.1 Å². The quantitative estimate of drug-likeness (QED) is 0.578. The third-order valence-corrected chi connectivity index (χ3v) is 1.84. The van der Waals surface area contributed by atoms with E-state index in [1.54, 1.807) is 24.4 Å². The Bertz CT molecular complexity index is 479. The van der Waals surface area contributed by atoms with E-state index in [1.807, 2.05) is 12.1 Å². The maximum Gasteiger partial charge on any atom is 0.162 e. The van der Waals surface area contributed by atoms with Gasteiger partial charge in [0.05, 0.1) is 5.52 Å². The minimum atomic E-state index is -0.594. The van der Waals surface area contributed by atoms with Crippen molar-refractivity contribution in [3.63, 3.8) is 0 Å². The van der Waals surface area contributed by atoms with E-state index in [-0.39, 0.29) is 0 Å². The van der Waals surface area contributed by atoms with Crippen molar-refractivity contribution in [2.75, 3.05) is 5.43 Å². The van der Waals surface area contributed by atoms with Crippen LogP contribution in [-0.4, -0.2) is 10.0 Å². The largest absolute Gasteiger partial charge is 0.254 e. The first-order valence-corrected chi connectivity index (χ1v) is 4.02. The van der Waals surface area contributed by atoms with Gasteiger partial charge in [-0.15, -0.1) is 5.43 Å². The molecule has 0 spiro atoms. The smallest absolute Gasteiger partial charge is 0.162 e. The second-order valence-electron chi connectivity index (χ2n) is 2.75. The minimum absolute atomic E-state index is 0.410. The van der Waals surface area contributed by atoms with Crippen molar-refractivity contribution in [1.29, 1.82) is 0 Å². The highest BCUT2D eigenvalue weighted by Gasteiger charge is 2.04. The molecule has 0 amide bonds. The molecule has 0 saturated carbocycles. The SMILES string of the molecule is O=[N+]([O-])Nc1cccc2cccnc12. The van der Waals surface area contributed by atoms with Gasteiger partial charge in [0.2, 0.25) is 0 Å². The number of nitro groups is 1. The summed E-state index contributed by atoms with van der Waals surface area (Å²) in [4.78, 5) is 14.3. The van der Waals surface area contributed by atoms with E-state index < -0.39 is 5.03 Å². The monoisotopic (exact) mass is 189 g/mol. The molecular formula is C9H7N3O2. The Hall–Kier alpha value is -2.17. The number of hydrogen-bond donors (Lipinski definition) is 1. The molecule has 1 N–H and O–H groups in total. The third-order valence-electron chi connectivity index (χ3n) is 1.84. The number of fused-ring (bicyclic) bond motifs is 1. The summed E-state index contributed by atoms with van der Waals surface area (Å²) in [5.41, 5.74) is 3.12. The summed E-state index contributed by atoms with van der Waals surface area (Å²) < 4.78 is 0. The van der Waals surface area contributed by atoms with Gasteiger partial charge in [0.25, 0.3) is 0 Å². The number of nitrogens with one attached hydrogen (secondary N) is 1. The van der Waals surface area contributed by atoms with Crippen LogP contribution in [0.25, 0.3) is 10.9 Å². The molecule has 0 radical (unpaired) electrons. The lowest BCUT2D eigenvalue weighted by Gasteiger charge is -2.01. The van der Waals surface area contributed by atoms with Gasteiger partial charge in [-0.3, -0.25) is 4.98 Å². The number of benzene rings is 1. The molecule has 0 bridgehead atoms. The topological polar surface area (TPSA) is 68.1 Å². The number of rotatable bonds is 2. The molecule has 0 atom stereocenters. The minimum Gasteiger partial charge on any atom is -0.254 e. The van der Waals surface area contributed by atoms with Crippen molar-refractivity contribution in [3.8, 4) is 0 Å². The Morgan fingerprint density at radius 3 is 2.86 bits per heavy atom. The van der Waals surface area contributed by atoms with Crippen LogP contribution in [0.2, 0.25) is 0 Å². The highest BCUT2D eigenvalue weighted by atomic mass is 16.7. The van der Waals surface area contributed by atoms with Crippen LogP contribution in [0.3, 0.4) is 0 Å². The fourth-order valence-electron chi connectivity index (χ4n) is 1.29. The number of hydrogen-bond acceptors (Lipinski definition) is 3. The van der Waals surface area contributed by atoms with Crippen molar-refractivity contribution in [3.05, 3.63) is 46.6 Å². The molecular weight excluding hydrogens is 182 g/mol. The summed E-state index contributed by atoms with van der Waals surface area (Å²) in [6, 6.07) is 8.87. The van der Waals surface area contributed by atoms with Gasteiger partial charge in [-0.05, 0) is 12.1 Å². The molecule has 70 valence electrons. The number of pyridine rings is 1. The summed E-state index contributed by atoms with van der Waals surface area (Å²) in [5, 5.41) is 10.6.